The van der Waals surface area contributed by atoms with Crippen LogP contribution in [0.2, 0.25) is 0 Å². The molecule has 178 valence electrons. The summed E-state index contributed by atoms with van der Waals surface area (Å²) in [5, 5.41) is 0. The maximum absolute atomic E-state index is 13.2. The zero-order chi connectivity index (χ0) is 24.0. The average Bonchev–Trinajstić information content (AvgIpc) is 3.12. The van der Waals surface area contributed by atoms with Gasteiger partial charge in [0.25, 0.3) is 11.8 Å². The zero-order valence-corrected chi connectivity index (χ0v) is 19.9. The highest BCUT2D eigenvalue weighted by atomic mass is 32.2. The van der Waals surface area contributed by atoms with Crippen molar-refractivity contribution in [1.29, 1.82) is 0 Å². The van der Waals surface area contributed by atoms with E-state index in [1.807, 2.05) is 6.07 Å². The molecule has 2 aromatic carbocycles. The summed E-state index contributed by atoms with van der Waals surface area (Å²) in [6, 6.07) is 11.0. The molecule has 0 radical (unpaired) electrons. The molecule has 0 N–H and O–H groups in total. The van der Waals surface area contributed by atoms with Gasteiger partial charge in [-0.25, -0.2) is 8.42 Å². The van der Waals surface area contributed by atoms with Crippen molar-refractivity contribution >= 4 is 27.7 Å². The third-order valence-electron chi connectivity index (χ3n) is 7.08. The number of hydrogen-bond donors (Lipinski definition) is 0. The van der Waals surface area contributed by atoms with Crippen molar-refractivity contribution in [3.63, 3.8) is 0 Å². The molecule has 1 saturated heterocycles. The van der Waals surface area contributed by atoms with Crippen LogP contribution in [-0.2, 0) is 27.7 Å². The van der Waals surface area contributed by atoms with Gasteiger partial charge in [-0.1, -0.05) is 18.2 Å². The number of aryl methyl sites for hydroxylation is 2. The Morgan fingerprint density at radius 3 is 2.06 bits per heavy atom. The Labute approximate surface area is 199 Å². The maximum atomic E-state index is 13.2. The van der Waals surface area contributed by atoms with Gasteiger partial charge in [0.2, 0.25) is 15.9 Å². The van der Waals surface area contributed by atoms with Gasteiger partial charge < -0.3 is 4.90 Å². The second-order valence-electron chi connectivity index (χ2n) is 9.07. The molecule has 2 heterocycles. The summed E-state index contributed by atoms with van der Waals surface area (Å²) >= 11 is 0. The van der Waals surface area contributed by atoms with Crippen molar-refractivity contribution in [1.82, 2.24) is 14.1 Å². The quantitative estimate of drug-likeness (QED) is 0.623. The molecule has 8 nitrogen and oxygen atoms in total. The van der Waals surface area contributed by atoms with Gasteiger partial charge >= 0.3 is 0 Å². The lowest BCUT2D eigenvalue weighted by molar-refractivity contribution is -0.136. The fraction of sp³-hybridized carbons (Fsp3) is 0.400. The van der Waals surface area contributed by atoms with Crippen molar-refractivity contribution in [2.24, 2.45) is 0 Å². The first kappa shape index (κ1) is 22.7. The first-order chi connectivity index (χ1) is 16.3. The first-order valence-electron chi connectivity index (χ1n) is 11.7. The Kier molecular flexibility index (Phi) is 5.77. The van der Waals surface area contributed by atoms with Crippen LogP contribution in [0.15, 0.2) is 47.4 Å². The third-order valence-corrected chi connectivity index (χ3v) is 8.97. The Morgan fingerprint density at radius 1 is 0.853 bits per heavy atom. The highest BCUT2D eigenvalue weighted by Gasteiger charge is 2.42. The molecule has 9 heteroatoms. The Balaban J connectivity index is 1.26. The summed E-state index contributed by atoms with van der Waals surface area (Å²) in [5.41, 5.74) is 2.93. The van der Waals surface area contributed by atoms with Crippen LogP contribution in [0, 0.1) is 0 Å². The van der Waals surface area contributed by atoms with E-state index >= 15 is 0 Å². The first-order valence-corrected chi connectivity index (χ1v) is 13.1. The lowest BCUT2D eigenvalue weighted by Crippen LogP contribution is -2.55. The molecular formula is C25H27N3O5S. The minimum Gasteiger partial charge on any atom is -0.338 e. The van der Waals surface area contributed by atoms with Crippen molar-refractivity contribution in [2.75, 3.05) is 26.2 Å². The van der Waals surface area contributed by atoms with Crippen molar-refractivity contribution in [3.8, 4) is 0 Å². The molecule has 3 aliphatic rings. The van der Waals surface area contributed by atoms with E-state index in [0.717, 1.165) is 36.1 Å². The molecule has 0 bridgehead atoms. The molecule has 1 fully saturated rings. The Hall–Kier alpha value is -3.04. The van der Waals surface area contributed by atoms with E-state index in [2.05, 4.69) is 0 Å². The van der Waals surface area contributed by atoms with Crippen LogP contribution in [0.25, 0.3) is 0 Å². The summed E-state index contributed by atoms with van der Waals surface area (Å²) < 4.78 is 27.9. The van der Waals surface area contributed by atoms with Crippen LogP contribution in [-0.4, -0.2) is 72.5 Å². The van der Waals surface area contributed by atoms with Crippen LogP contribution in [0.4, 0.5) is 0 Å². The molecule has 2 aromatic rings. The summed E-state index contributed by atoms with van der Waals surface area (Å²) in [6.45, 7) is 2.28. The highest BCUT2D eigenvalue weighted by molar-refractivity contribution is 7.89. The summed E-state index contributed by atoms with van der Waals surface area (Å²) in [4.78, 5) is 41.4. The number of amides is 3. The van der Waals surface area contributed by atoms with Gasteiger partial charge in [0.05, 0.1) is 16.0 Å². The number of nitrogens with zero attached hydrogens (tertiary/aromatic N) is 3. The van der Waals surface area contributed by atoms with Crippen molar-refractivity contribution in [2.45, 2.75) is 43.5 Å². The molecule has 5 rings (SSSR count). The van der Waals surface area contributed by atoms with Gasteiger partial charge in [-0.05, 0) is 68.0 Å². The Bertz CT molecular complexity index is 1250. The number of imide groups is 1. The van der Waals surface area contributed by atoms with Crippen molar-refractivity contribution < 1.29 is 22.8 Å². The molecule has 0 spiro atoms. The van der Waals surface area contributed by atoms with E-state index in [1.165, 1.54) is 14.8 Å². The summed E-state index contributed by atoms with van der Waals surface area (Å²) in [6.07, 6.45) is 4.09. The van der Waals surface area contributed by atoms with E-state index in [-0.39, 0.29) is 32.1 Å². The summed E-state index contributed by atoms with van der Waals surface area (Å²) in [7, 11) is -3.66. The normalized spacial score (nSPS) is 19.7. The summed E-state index contributed by atoms with van der Waals surface area (Å²) in [5.74, 6) is -1.31. The van der Waals surface area contributed by atoms with Gasteiger partial charge in [-0.15, -0.1) is 0 Å². The molecule has 1 atom stereocenters. The van der Waals surface area contributed by atoms with E-state index in [9.17, 15) is 22.8 Å². The number of fused-ring (bicyclic) bond motifs is 2. The second-order valence-corrected chi connectivity index (χ2v) is 11.0. The smallest absolute Gasteiger partial charge is 0.262 e. The molecule has 1 unspecified atom stereocenters. The maximum Gasteiger partial charge on any atom is 0.262 e. The van der Waals surface area contributed by atoms with Gasteiger partial charge in [0.15, 0.2) is 0 Å². The number of carbonyl (C=O) groups excluding carboxylic acids is 3. The topological polar surface area (TPSA) is 95.1 Å². The van der Waals surface area contributed by atoms with E-state index < -0.39 is 27.9 Å². The van der Waals surface area contributed by atoms with Crippen LogP contribution in [0.5, 0.6) is 0 Å². The molecule has 3 amide bonds. The minimum atomic E-state index is -3.66. The van der Waals surface area contributed by atoms with Gasteiger partial charge in [-0.3, -0.25) is 19.3 Å². The number of piperazine rings is 1. The fourth-order valence-electron chi connectivity index (χ4n) is 5.10. The van der Waals surface area contributed by atoms with Gasteiger partial charge in [0, 0.05) is 26.2 Å². The third kappa shape index (κ3) is 3.73. The SMILES string of the molecule is CC(C(=O)N1CCN(S(=O)(=O)c2ccc3c(c2)CCCC3)CC1)N1C(=O)c2ccccc2C1=O. The number of carbonyl (C=O) groups is 3. The average molecular weight is 482 g/mol. The van der Waals surface area contributed by atoms with Crippen molar-refractivity contribution in [3.05, 3.63) is 64.7 Å². The molecule has 1 aliphatic carbocycles. The van der Waals surface area contributed by atoms with Crippen LogP contribution >= 0.6 is 0 Å². The molecule has 2 aliphatic heterocycles. The van der Waals surface area contributed by atoms with Gasteiger partial charge in [-0.2, -0.15) is 4.31 Å². The van der Waals surface area contributed by atoms with Crippen LogP contribution in [0.3, 0.4) is 0 Å². The van der Waals surface area contributed by atoms with Gasteiger partial charge in [0.1, 0.15) is 6.04 Å². The molecule has 0 saturated carbocycles. The monoisotopic (exact) mass is 481 g/mol. The van der Waals surface area contributed by atoms with E-state index in [1.54, 1.807) is 43.3 Å². The second kappa shape index (κ2) is 8.63. The predicted octanol–water partition coefficient (Wildman–Crippen LogP) is 2.08. The number of benzene rings is 2. The van der Waals surface area contributed by atoms with E-state index in [0.29, 0.717) is 16.0 Å². The lowest BCUT2D eigenvalue weighted by atomic mass is 9.92. The minimum absolute atomic E-state index is 0.167. The number of rotatable bonds is 4. The standard InChI is InChI=1S/C25H27N3O5S/c1-17(28-24(30)21-8-4-5-9-22(21)25(28)31)23(29)26-12-14-27(15-13-26)34(32,33)20-11-10-18-6-2-3-7-19(18)16-20/h4-5,8-11,16-17H,2-3,6-7,12-15H2,1H3. The highest BCUT2D eigenvalue weighted by Crippen LogP contribution is 2.27. The molecule has 0 aromatic heterocycles. The van der Waals surface area contributed by atoms with E-state index in [4.69, 9.17) is 0 Å². The number of sulfonamides is 1. The zero-order valence-electron chi connectivity index (χ0n) is 19.1. The number of hydrogen-bond acceptors (Lipinski definition) is 5. The lowest BCUT2D eigenvalue weighted by Gasteiger charge is -2.36. The molecule has 34 heavy (non-hydrogen) atoms. The predicted molar refractivity (Wildman–Crippen MR) is 125 cm³/mol. The van der Waals surface area contributed by atoms with Crippen LogP contribution in [0.1, 0.15) is 51.6 Å². The van der Waals surface area contributed by atoms with Crippen LogP contribution < -0.4 is 0 Å². The Morgan fingerprint density at radius 2 is 1.44 bits per heavy atom. The largest absolute Gasteiger partial charge is 0.338 e. The molecular weight excluding hydrogens is 454 g/mol. The fourth-order valence-corrected chi connectivity index (χ4v) is 6.58.